The van der Waals surface area contributed by atoms with Gasteiger partial charge in [-0.1, -0.05) is 41.6 Å². The Balaban J connectivity index is 1.48. The number of hydrogen-bond acceptors (Lipinski definition) is 5. The number of carboxylic acid groups (broad SMARTS) is 1. The third-order valence-corrected chi connectivity index (χ3v) is 6.34. The Bertz CT molecular complexity index is 1310. The van der Waals surface area contributed by atoms with Crippen molar-refractivity contribution in [1.82, 2.24) is 20.3 Å². The maximum Gasteiger partial charge on any atom is 0.335 e. The molecule has 7 nitrogen and oxygen atoms in total. The van der Waals surface area contributed by atoms with Crippen LogP contribution in [0.1, 0.15) is 34.7 Å². The normalized spacial score (nSPS) is 14.1. The molecule has 1 aliphatic heterocycles. The van der Waals surface area contributed by atoms with Crippen LogP contribution in [-0.4, -0.2) is 46.3 Å². The molecule has 0 radical (unpaired) electrons. The number of piperidine rings is 1. The molecule has 1 aliphatic rings. The molecular weight excluding hydrogens is 428 g/mol. The van der Waals surface area contributed by atoms with Gasteiger partial charge in [-0.15, -0.1) is 5.10 Å². The summed E-state index contributed by atoms with van der Waals surface area (Å²) in [5, 5.41) is 21.7. The number of nitrogens with zero attached hydrogens (tertiary/aromatic N) is 3. The summed E-state index contributed by atoms with van der Waals surface area (Å²) in [5.74, 6) is 0.319. The number of hydrogen-bond donors (Lipinski definition) is 2. The highest BCUT2D eigenvalue weighted by atomic mass is 16.5. The molecule has 0 spiro atoms. The average Bonchev–Trinajstić information content (AvgIpc) is 3.40. The Labute approximate surface area is 198 Å². The number of rotatable bonds is 6. The molecule has 1 aromatic heterocycles. The standard InChI is InChI=1S/C27H26N4O3/c1-34-25-4-2-3-21(16-25)26-17-31(30-29-26)24-14-22(13-23(15-24)27(32)33)19-7-5-18(6-8-19)20-9-11-28-12-10-20/h2-8,13-17,20,28H,9-12H2,1H3,(H,32,33). The molecule has 0 unspecified atom stereocenters. The summed E-state index contributed by atoms with van der Waals surface area (Å²) < 4.78 is 6.90. The van der Waals surface area contributed by atoms with Gasteiger partial charge < -0.3 is 15.2 Å². The molecule has 4 aromatic rings. The number of ether oxygens (including phenoxy) is 1. The van der Waals surface area contributed by atoms with E-state index in [1.54, 1.807) is 30.1 Å². The zero-order valence-corrected chi connectivity index (χ0v) is 18.9. The Morgan fingerprint density at radius 3 is 2.53 bits per heavy atom. The third kappa shape index (κ3) is 4.56. The number of methoxy groups -OCH3 is 1. The Morgan fingerprint density at radius 1 is 1.00 bits per heavy atom. The molecular formula is C27H26N4O3. The van der Waals surface area contributed by atoms with Crippen molar-refractivity contribution in [2.45, 2.75) is 18.8 Å². The summed E-state index contributed by atoms with van der Waals surface area (Å²) in [4.78, 5) is 11.9. The summed E-state index contributed by atoms with van der Waals surface area (Å²) in [6.45, 7) is 2.10. The van der Waals surface area contributed by atoms with E-state index in [1.807, 2.05) is 30.3 Å². The fourth-order valence-electron chi connectivity index (χ4n) is 4.44. The highest BCUT2D eigenvalue weighted by molar-refractivity contribution is 5.90. The third-order valence-electron chi connectivity index (χ3n) is 6.34. The van der Waals surface area contributed by atoms with Crippen molar-refractivity contribution in [3.63, 3.8) is 0 Å². The lowest BCUT2D eigenvalue weighted by molar-refractivity contribution is 0.0697. The van der Waals surface area contributed by atoms with Gasteiger partial charge in [0, 0.05) is 5.56 Å². The minimum Gasteiger partial charge on any atom is -0.497 e. The number of aromatic carboxylic acids is 1. The first-order valence-electron chi connectivity index (χ1n) is 11.4. The lowest BCUT2D eigenvalue weighted by atomic mass is 9.89. The molecule has 0 aliphatic carbocycles. The molecule has 0 bridgehead atoms. The van der Waals surface area contributed by atoms with Gasteiger partial charge in [-0.25, -0.2) is 9.48 Å². The van der Waals surface area contributed by atoms with Crippen molar-refractivity contribution in [2.75, 3.05) is 20.2 Å². The first-order valence-corrected chi connectivity index (χ1v) is 11.4. The highest BCUT2D eigenvalue weighted by Gasteiger charge is 2.16. The van der Waals surface area contributed by atoms with Gasteiger partial charge in [0.25, 0.3) is 0 Å². The van der Waals surface area contributed by atoms with Gasteiger partial charge in [-0.2, -0.15) is 0 Å². The van der Waals surface area contributed by atoms with Crippen LogP contribution in [0.25, 0.3) is 28.1 Å². The van der Waals surface area contributed by atoms with Gasteiger partial charge >= 0.3 is 5.97 Å². The maximum atomic E-state index is 11.9. The molecule has 1 fully saturated rings. The summed E-state index contributed by atoms with van der Waals surface area (Å²) in [5.41, 5.74) is 5.51. The van der Waals surface area contributed by atoms with E-state index in [4.69, 9.17) is 4.74 Å². The monoisotopic (exact) mass is 454 g/mol. The quantitative estimate of drug-likeness (QED) is 0.436. The van der Waals surface area contributed by atoms with Gasteiger partial charge in [0.05, 0.1) is 24.6 Å². The summed E-state index contributed by atoms with van der Waals surface area (Å²) >= 11 is 0. The lowest BCUT2D eigenvalue weighted by Crippen LogP contribution is -2.26. The maximum absolute atomic E-state index is 11.9. The first-order chi connectivity index (χ1) is 16.6. The molecule has 172 valence electrons. The SMILES string of the molecule is COc1cccc(-c2cn(-c3cc(C(=O)O)cc(-c4ccc(C5CCNCC5)cc4)c3)nn2)c1. The van der Waals surface area contributed by atoms with Gasteiger partial charge in [0.15, 0.2) is 0 Å². The van der Waals surface area contributed by atoms with E-state index in [0.29, 0.717) is 17.3 Å². The minimum absolute atomic E-state index is 0.202. The Hall–Kier alpha value is -3.97. The zero-order chi connectivity index (χ0) is 23.5. The van der Waals surface area contributed by atoms with Crippen LogP contribution in [-0.2, 0) is 0 Å². The second-order valence-corrected chi connectivity index (χ2v) is 8.50. The van der Waals surface area contributed by atoms with E-state index >= 15 is 0 Å². The van der Waals surface area contributed by atoms with Crippen molar-refractivity contribution in [2.24, 2.45) is 0 Å². The van der Waals surface area contributed by atoms with Crippen molar-refractivity contribution < 1.29 is 14.6 Å². The van der Waals surface area contributed by atoms with Gasteiger partial charge in [0.2, 0.25) is 0 Å². The number of aromatic nitrogens is 3. The van der Waals surface area contributed by atoms with Crippen LogP contribution >= 0.6 is 0 Å². The Morgan fingerprint density at radius 2 is 1.79 bits per heavy atom. The molecule has 2 heterocycles. The van der Waals surface area contributed by atoms with Gasteiger partial charge in [-0.05, 0) is 78.9 Å². The molecule has 7 heteroatoms. The van der Waals surface area contributed by atoms with Crippen LogP contribution in [0.3, 0.4) is 0 Å². The number of carboxylic acids is 1. The van der Waals surface area contributed by atoms with E-state index in [9.17, 15) is 9.90 Å². The van der Waals surface area contributed by atoms with Crippen molar-refractivity contribution >= 4 is 5.97 Å². The number of carbonyl (C=O) groups is 1. The van der Waals surface area contributed by atoms with Crippen LogP contribution in [0, 0.1) is 0 Å². The molecule has 34 heavy (non-hydrogen) atoms. The zero-order valence-electron chi connectivity index (χ0n) is 18.9. The van der Waals surface area contributed by atoms with Crippen LogP contribution in [0.15, 0.2) is 72.9 Å². The molecule has 0 amide bonds. The fraction of sp³-hybridized carbons (Fsp3) is 0.222. The predicted octanol–water partition coefficient (Wildman–Crippen LogP) is 4.78. The molecule has 0 saturated carbocycles. The fourth-order valence-corrected chi connectivity index (χ4v) is 4.44. The van der Waals surface area contributed by atoms with E-state index in [2.05, 4.69) is 39.9 Å². The van der Waals surface area contributed by atoms with Crippen LogP contribution in [0.5, 0.6) is 5.75 Å². The van der Waals surface area contributed by atoms with E-state index in [0.717, 1.165) is 48.4 Å². The first kappa shape index (κ1) is 21.9. The number of benzene rings is 3. The van der Waals surface area contributed by atoms with E-state index in [-0.39, 0.29) is 5.56 Å². The molecule has 2 N–H and O–H groups in total. The molecule has 0 atom stereocenters. The second-order valence-electron chi connectivity index (χ2n) is 8.50. The van der Waals surface area contributed by atoms with Crippen molar-refractivity contribution in [1.29, 1.82) is 0 Å². The Kier molecular flexibility index (Phi) is 6.10. The molecule has 5 rings (SSSR count). The van der Waals surface area contributed by atoms with Gasteiger partial charge in [0.1, 0.15) is 11.4 Å². The smallest absolute Gasteiger partial charge is 0.335 e. The molecule has 1 saturated heterocycles. The molecule has 3 aromatic carbocycles. The average molecular weight is 455 g/mol. The minimum atomic E-state index is -0.984. The summed E-state index contributed by atoms with van der Waals surface area (Å²) in [6, 6.07) is 21.3. The summed E-state index contributed by atoms with van der Waals surface area (Å²) in [6.07, 6.45) is 4.07. The predicted molar refractivity (Wildman–Crippen MR) is 131 cm³/mol. The van der Waals surface area contributed by atoms with Crippen molar-refractivity contribution in [3.8, 4) is 33.8 Å². The topological polar surface area (TPSA) is 89.3 Å². The second kappa shape index (κ2) is 9.49. The largest absolute Gasteiger partial charge is 0.497 e. The van der Waals surface area contributed by atoms with Gasteiger partial charge in [-0.3, -0.25) is 0 Å². The van der Waals surface area contributed by atoms with E-state index in [1.165, 1.54) is 5.56 Å². The van der Waals surface area contributed by atoms with E-state index < -0.39 is 5.97 Å². The summed E-state index contributed by atoms with van der Waals surface area (Å²) in [7, 11) is 1.62. The van der Waals surface area contributed by atoms with Crippen LogP contribution in [0.2, 0.25) is 0 Å². The number of nitrogens with one attached hydrogen (secondary N) is 1. The lowest BCUT2D eigenvalue weighted by Gasteiger charge is -2.23. The van der Waals surface area contributed by atoms with Crippen LogP contribution in [0.4, 0.5) is 0 Å². The highest BCUT2D eigenvalue weighted by Crippen LogP contribution is 2.30. The van der Waals surface area contributed by atoms with Crippen LogP contribution < -0.4 is 10.1 Å². The van der Waals surface area contributed by atoms with Crippen molar-refractivity contribution in [3.05, 3.63) is 84.1 Å².